The lowest BCUT2D eigenvalue weighted by Gasteiger charge is -2.21. The number of para-hydroxylation sites is 1. The van der Waals surface area contributed by atoms with E-state index in [-0.39, 0.29) is 5.41 Å². The van der Waals surface area contributed by atoms with Crippen molar-refractivity contribution < 1.29 is 0 Å². The molecule has 0 amide bonds. The molecule has 61 heavy (non-hydrogen) atoms. The normalized spacial score (nSPS) is 12.9. The number of hydrogen-bond acceptors (Lipinski definition) is 4. The number of benzene rings is 7. The van der Waals surface area contributed by atoms with E-state index in [9.17, 15) is 0 Å². The van der Waals surface area contributed by atoms with Gasteiger partial charge in [-0.05, 0) is 71.3 Å². The van der Waals surface area contributed by atoms with Crippen LogP contribution in [0.5, 0.6) is 0 Å². The van der Waals surface area contributed by atoms with Gasteiger partial charge in [0.2, 0.25) is 0 Å². The molecule has 4 heterocycles. The van der Waals surface area contributed by atoms with E-state index >= 15 is 0 Å². The quantitative estimate of drug-likeness (QED) is 0.169. The fraction of sp³-hybridized carbons (Fsp3) is 0.0545. The van der Waals surface area contributed by atoms with Crippen LogP contribution in [0.2, 0.25) is 0 Å². The van der Waals surface area contributed by atoms with Crippen LogP contribution in [0.25, 0.3) is 101 Å². The van der Waals surface area contributed by atoms with Crippen molar-refractivity contribution in [3.8, 4) is 67.9 Å². The predicted molar refractivity (Wildman–Crippen MR) is 248 cm³/mol. The zero-order valence-corrected chi connectivity index (χ0v) is 33.7. The van der Waals surface area contributed by atoms with Crippen molar-refractivity contribution in [2.24, 2.45) is 0 Å². The molecule has 0 N–H and O–H groups in total. The van der Waals surface area contributed by atoms with Crippen LogP contribution in [-0.2, 0) is 5.41 Å². The maximum atomic E-state index is 5.10. The molecule has 4 aromatic heterocycles. The van der Waals surface area contributed by atoms with Crippen LogP contribution in [0, 0.1) is 0 Å². The Bertz CT molecular complexity index is 3420. The lowest BCUT2D eigenvalue weighted by Crippen LogP contribution is -2.14. The Morgan fingerprint density at radius 3 is 1.69 bits per heavy atom. The molecule has 0 bridgehead atoms. The molecule has 0 unspecified atom stereocenters. The number of aromatic nitrogens is 6. The van der Waals surface area contributed by atoms with Crippen molar-refractivity contribution in [1.82, 2.24) is 29.1 Å². The molecule has 0 atom stereocenters. The van der Waals surface area contributed by atoms with E-state index in [2.05, 4.69) is 143 Å². The number of fused-ring (bicyclic) bond motifs is 8. The zero-order chi connectivity index (χ0) is 40.7. The second kappa shape index (κ2) is 13.5. The minimum absolute atomic E-state index is 0.215. The summed E-state index contributed by atoms with van der Waals surface area (Å²) in [7, 11) is 0. The van der Waals surface area contributed by atoms with Gasteiger partial charge in [0.15, 0.2) is 17.5 Å². The molecule has 6 heteroatoms. The molecule has 0 radical (unpaired) electrons. The largest absolute Gasteiger partial charge is 0.309 e. The van der Waals surface area contributed by atoms with Gasteiger partial charge >= 0.3 is 0 Å². The van der Waals surface area contributed by atoms with Gasteiger partial charge < -0.3 is 9.13 Å². The van der Waals surface area contributed by atoms with Gasteiger partial charge in [-0.1, -0.05) is 141 Å². The molecule has 6 nitrogen and oxygen atoms in total. The first-order chi connectivity index (χ1) is 30.0. The number of rotatable bonds is 6. The first-order valence-electron chi connectivity index (χ1n) is 20.7. The van der Waals surface area contributed by atoms with Crippen molar-refractivity contribution in [3.63, 3.8) is 0 Å². The summed E-state index contributed by atoms with van der Waals surface area (Å²) in [6.45, 7) is 4.75. The second-order valence-electron chi connectivity index (χ2n) is 16.3. The van der Waals surface area contributed by atoms with E-state index in [0.29, 0.717) is 17.5 Å². The molecule has 0 spiro atoms. The zero-order valence-electron chi connectivity index (χ0n) is 33.7. The molecule has 0 fully saturated rings. The highest BCUT2D eigenvalue weighted by atomic mass is 15.0. The van der Waals surface area contributed by atoms with Gasteiger partial charge in [-0.3, -0.25) is 4.98 Å². The van der Waals surface area contributed by atoms with Crippen LogP contribution in [0.15, 0.2) is 194 Å². The molecule has 12 rings (SSSR count). The fourth-order valence-corrected chi connectivity index (χ4v) is 9.61. The maximum absolute atomic E-state index is 5.10. The van der Waals surface area contributed by atoms with Crippen LogP contribution < -0.4 is 0 Å². The van der Waals surface area contributed by atoms with Gasteiger partial charge in [-0.15, -0.1) is 0 Å². The molecule has 7 aromatic carbocycles. The number of nitrogens with zero attached hydrogens (tertiary/aromatic N) is 6. The van der Waals surface area contributed by atoms with Crippen LogP contribution >= 0.6 is 0 Å². The molecule has 0 aliphatic heterocycles. The minimum Gasteiger partial charge on any atom is -0.309 e. The highest BCUT2D eigenvalue weighted by Gasteiger charge is 2.40. The van der Waals surface area contributed by atoms with Gasteiger partial charge in [0.05, 0.1) is 22.2 Å². The summed E-state index contributed by atoms with van der Waals surface area (Å²) in [5, 5.41) is 3.59. The summed E-state index contributed by atoms with van der Waals surface area (Å²) in [4.78, 5) is 19.6. The van der Waals surface area contributed by atoms with Crippen molar-refractivity contribution in [3.05, 3.63) is 206 Å². The Balaban J connectivity index is 1.14. The summed E-state index contributed by atoms with van der Waals surface area (Å²) < 4.78 is 4.90. The van der Waals surface area contributed by atoms with Gasteiger partial charge in [0.1, 0.15) is 0 Å². The maximum Gasteiger partial charge on any atom is 0.164 e. The van der Waals surface area contributed by atoms with Crippen molar-refractivity contribution >= 4 is 32.7 Å². The van der Waals surface area contributed by atoms with E-state index in [4.69, 9.17) is 15.0 Å². The standard InChI is InChI=1S/C55H38N6/c1-55(2)46-26-13-12-25-42(46)51-50(55)45-33-48-44(32-49(45)61(51)40-22-10-5-11-23-40)43-31-37(39-21-15-29-56-34-39)27-28-47(43)60(48)41-24-14-20-38(30-41)54-58-52(35-16-6-3-7-17-35)57-53(59-54)36-18-8-4-9-19-36/h3-34H,1-2H3. The minimum atomic E-state index is -0.215. The third kappa shape index (κ3) is 5.49. The average Bonchev–Trinajstić information content (AvgIpc) is 3.92. The Hall–Kier alpha value is -7.96. The first-order valence-corrected chi connectivity index (χ1v) is 20.7. The SMILES string of the molecule is CC1(C)c2ccccc2-c2c1c1cc3c(cc1n2-c1ccccc1)c1cc(-c2cccnc2)ccc1n3-c1cccc(-c2nc(-c3ccccc3)nc(-c3ccccc3)n2)c1. The summed E-state index contributed by atoms with van der Waals surface area (Å²) in [6.07, 6.45) is 3.76. The Morgan fingerprint density at radius 2 is 0.984 bits per heavy atom. The predicted octanol–water partition coefficient (Wildman–Crippen LogP) is 13.3. The van der Waals surface area contributed by atoms with Gasteiger partial charge in [-0.2, -0.15) is 0 Å². The number of hydrogen-bond donors (Lipinski definition) is 0. The monoisotopic (exact) mass is 782 g/mol. The average molecular weight is 783 g/mol. The van der Waals surface area contributed by atoms with Gasteiger partial charge in [0, 0.05) is 73.2 Å². The van der Waals surface area contributed by atoms with Crippen molar-refractivity contribution in [1.29, 1.82) is 0 Å². The first kappa shape index (κ1) is 35.0. The molecular weight excluding hydrogens is 745 g/mol. The van der Waals surface area contributed by atoms with E-state index < -0.39 is 0 Å². The Morgan fingerprint density at radius 1 is 0.410 bits per heavy atom. The lowest BCUT2D eigenvalue weighted by atomic mass is 9.81. The molecule has 0 saturated heterocycles. The molecule has 0 saturated carbocycles. The topological polar surface area (TPSA) is 61.4 Å². The third-order valence-electron chi connectivity index (χ3n) is 12.4. The smallest absolute Gasteiger partial charge is 0.164 e. The van der Waals surface area contributed by atoms with Crippen LogP contribution in [-0.4, -0.2) is 29.1 Å². The van der Waals surface area contributed by atoms with E-state index in [1.807, 2.05) is 79.1 Å². The summed E-state index contributed by atoms with van der Waals surface area (Å²) in [5.41, 5.74) is 15.6. The van der Waals surface area contributed by atoms with Crippen LogP contribution in [0.3, 0.4) is 0 Å². The van der Waals surface area contributed by atoms with Gasteiger partial charge in [-0.25, -0.2) is 15.0 Å². The Kier molecular flexibility index (Phi) is 7.78. The lowest BCUT2D eigenvalue weighted by molar-refractivity contribution is 0.666. The van der Waals surface area contributed by atoms with Gasteiger partial charge in [0.25, 0.3) is 0 Å². The second-order valence-corrected chi connectivity index (χ2v) is 16.3. The van der Waals surface area contributed by atoms with Crippen molar-refractivity contribution in [2.75, 3.05) is 0 Å². The van der Waals surface area contributed by atoms with Crippen LogP contribution in [0.4, 0.5) is 0 Å². The summed E-state index contributed by atoms with van der Waals surface area (Å²) in [6, 6.07) is 64.4. The molecule has 11 aromatic rings. The highest BCUT2D eigenvalue weighted by Crippen LogP contribution is 2.54. The molecule has 1 aliphatic rings. The third-order valence-corrected chi connectivity index (χ3v) is 12.4. The molecule has 1 aliphatic carbocycles. The summed E-state index contributed by atoms with van der Waals surface area (Å²) in [5.74, 6) is 1.89. The molecular formula is C55H38N6. The molecule has 288 valence electrons. The Labute approximate surface area is 353 Å². The van der Waals surface area contributed by atoms with E-state index in [0.717, 1.165) is 50.2 Å². The van der Waals surface area contributed by atoms with Crippen molar-refractivity contribution in [2.45, 2.75) is 19.3 Å². The van der Waals surface area contributed by atoms with E-state index in [1.54, 1.807) is 0 Å². The highest BCUT2D eigenvalue weighted by molar-refractivity contribution is 6.16. The summed E-state index contributed by atoms with van der Waals surface area (Å²) >= 11 is 0. The number of pyridine rings is 1. The fourth-order valence-electron chi connectivity index (χ4n) is 9.61. The van der Waals surface area contributed by atoms with Crippen LogP contribution in [0.1, 0.15) is 25.0 Å². The van der Waals surface area contributed by atoms with E-state index in [1.165, 1.54) is 44.1 Å².